The average Bonchev–Trinajstić information content (AvgIpc) is 2.56. The second kappa shape index (κ2) is 6.27. The van der Waals surface area contributed by atoms with E-state index in [2.05, 4.69) is 32.8 Å². The second-order valence-electron chi connectivity index (χ2n) is 7.04. The topological polar surface area (TPSA) is 38.1 Å². The van der Waals surface area contributed by atoms with Gasteiger partial charge in [0, 0.05) is 6.04 Å². The van der Waals surface area contributed by atoms with E-state index in [-0.39, 0.29) is 11.5 Å². The number of halogens is 1. The molecule has 0 saturated carbocycles. The number of nitrogens with zero attached hydrogens (tertiary/aromatic N) is 2. The van der Waals surface area contributed by atoms with Crippen molar-refractivity contribution in [3.8, 4) is 0 Å². The highest BCUT2D eigenvalue weighted by atomic mass is 35.5. The van der Waals surface area contributed by atoms with Crippen molar-refractivity contribution in [1.82, 2.24) is 9.78 Å². The maximum Gasteiger partial charge on any atom is 0.0974 e. The number of rotatable bonds is 5. The van der Waals surface area contributed by atoms with Crippen LogP contribution in [0.2, 0.25) is 5.02 Å². The van der Waals surface area contributed by atoms with E-state index in [1.54, 1.807) is 6.20 Å². The largest absolute Gasteiger partial charge is 0.387 e. The first-order valence-electron chi connectivity index (χ1n) is 7.02. The van der Waals surface area contributed by atoms with Gasteiger partial charge in [-0.05, 0) is 38.0 Å². The van der Waals surface area contributed by atoms with Crippen molar-refractivity contribution >= 4 is 11.6 Å². The summed E-state index contributed by atoms with van der Waals surface area (Å²) >= 11 is 6.16. The number of aliphatic hydroxyl groups is 1. The maximum absolute atomic E-state index is 10.4. The molecule has 0 spiro atoms. The van der Waals surface area contributed by atoms with Gasteiger partial charge >= 0.3 is 0 Å². The summed E-state index contributed by atoms with van der Waals surface area (Å²) in [6.45, 7) is 12.9. The van der Waals surface area contributed by atoms with E-state index in [1.165, 1.54) is 0 Å². The standard InChI is InChI=1S/C15H27ClN2O/c1-10(2)18-14(12(16)9-17-18)13(19)7-11(3)8-15(4,5)6/h9-11,13,19H,7-8H2,1-6H3. The van der Waals surface area contributed by atoms with Crippen molar-refractivity contribution in [2.24, 2.45) is 11.3 Å². The van der Waals surface area contributed by atoms with E-state index < -0.39 is 6.10 Å². The van der Waals surface area contributed by atoms with Crippen molar-refractivity contribution in [3.05, 3.63) is 16.9 Å². The molecule has 3 nitrogen and oxygen atoms in total. The summed E-state index contributed by atoms with van der Waals surface area (Å²) in [5.74, 6) is 0.446. The van der Waals surface area contributed by atoms with Crippen LogP contribution in [0, 0.1) is 11.3 Å². The fourth-order valence-corrected chi connectivity index (χ4v) is 2.95. The Morgan fingerprint density at radius 3 is 2.37 bits per heavy atom. The minimum absolute atomic E-state index is 0.204. The van der Waals surface area contributed by atoms with E-state index in [1.807, 2.05) is 18.5 Å². The molecule has 1 heterocycles. The fourth-order valence-electron chi connectivity index (χ4n) is 2.70. The molecule has 0 radical (unpaired) electrons. The van der Waals surface area contributed by atoms with Crippen molar-refractivity contribution < 1.29 is 5.11 Å². The Hall–Kier alpha value is -0.540. The fraction of sp³-hybridized carbons (Fsp3) is 0.800. The van der Waals surface area contributed by atoms with Gasteiger partial charge < -0.3 is 5.11 Å². The van der Waals surface area contributed by atoms with Crippen LogP contribution in [0.1, 0.15) is 72.2 Å². The van der Waals surface area contributed by atoms with Gasteiger partial charge in [-0.15, -0.1) is 0 Å². The monoisotopic (exact) mass is 286 g/mol. The number of aromatic nitrogens is 2. The Kier molecular flexibility index (Phi) is 5.45. The van der Waals surface area contributed by atoms with Gasteiger partial charge in [-0.2, -0.15) is 5.10 Å². The van der Waals surface area contributed by atoms with E-state index in [4.69, 9.17) is 11.6 Å². The lowest BCUT2D eigenvalue weighted by Gasteiger charge is -2.25. The molecule has 0 aliphatic heterocycles. The third kappa shape index (κ3) is 4.81. The van der Waals surface area contributed by atoms with Crippen LogP contribution < -0.4 is 0 Å². The van der Waals surface area contributed by atoms with E-state index in [0.717, 1.165) is 18.5 Å². The molecule has 0 bridgehead atoms. The Labute approximate surface area is 122 Å². The van der Waals surface area contributed by atoms with Crippen LogP contribution in [0.25, 0.3) is 0 Å². The minimum atomic E-state index is -0.547. The minimum Gasteiger partial charge on any atom is -0.387 e. The first kappa shape index (κ1) is 16.5. The highest BCUT2D eigenvalue weighted by molar-refractivity contribution is 6.31. The van der Waals surface area contributed by atoms with E-state index in [0.29, 0.717) is 10.9 Å². The Bertz CT molecular complexity index is 407. The first-order chi connectivity index (χ1) is 8.61. The summed E-state index contributed by atoms with van der Waals surface area (Å²) < 4.78 is 1.82. The Morgan fingerprint density at radius 2 is 1.89 bits per heavy atom. The van der Waals surface area contributed by atoms with Crippen LogP contribution >= 0.6 is 11.6 Å². The van der Waals surface area contributed by atoms with Crippen molar-refractivity contribution in [3.63, 3.8) is 0 Å². The molecule has 0 fully saturated rings. The molecule has 110 valence electrons. The van der Waals surface area contributed by atoms with E-state index in [9.17, 15) is 5.11 Å². The quantitative estimate of drug-likeness (QED) is 0.858. The molecule has 0 aromatic carbocycles. The van der Waals surface area contributed by atoms with Crippen molar-refractivity contribution in [2.45, 2.75) is 66.5 Å². The molecule has 1 aromatic rings. The van der Waals surface area contributed by atoms with Gasteiger partial charge in [0.05, 0.1) is 23.0 Å². The van der Waals surface area contributed by atoms with Gasteiger partial charge in [-0.1, -0.05) is 39.3 Å². The van der Waals surface area contributed by atoms with E-state index >= 15 is 0 Å². The van der Waals surface area contributed by atoms with Crippen molar-refractivity contribution in [1.29, 1.82) is 0 Å². The third-order valence-corrected chi connectivity index (χ3v) is 3.47. The first-order valence-corrected chi connectivity index (χ1v) is 7.40. The molecule has 0 aliphatic rings. The molecule has 0 aliphatic carbocycles. The molecule has 4 heteroatoms. The third-order valence-electron chi connectivity index (χ3n) is 3.18. The molecule has 1 rings (SSSR count). The summed E-state index contributed by atoms with van der Waals surface area (Å²) in [5, 5.41) is 15.2. The zero-order valence-corrected chi connectivity index (χ0v) is 13.7. The lowest BCUT2D eigenvalue weighted by Crippen LogP contribution is -2.17. The molecular weight excluding hydrogens is 260 g/mol. The second-order valence-corrected chi connectivity index (χ2v) is 7.44. The molecule has 2 atom stereocenters. The number of hydrogen-bond donors (Lipinski definition) is 1. The highest BCUT2D eigenvalue weighted by Gasteiger charge is 2.23. The van der Waals surface area contributed by atoms with Gasteiger partial charge in [0.25, 0.3) is 0 Å². The predicted octanol–water partition coefficient (Wildman–Crippen LogP) is 4.61. The highest BCUT2D eigenvalue weighted by Crippen LogP contribution is 2.33. The van der Waals surface area contributed by atoms with Gasteiger partial charge in [0.2, 0.25) is 0 Å². The summed E-state index contributed by atoms with van der Waals surface area (Å²) in [7, 11) is 0. The number of aliphatic hydroxyl groups excluding tert-OH is 1. The zero-order chi connectivity index (χ0) is 14.8. The lowest BCUT2D eigenvalue weighted by atomic mass is 9.83. The number of hydrogen-bond acceptors (Lipinski definition) is 2. The zero-order valence-electron chi connectivity index (χ0n) is 12.9. The van der Waals surface area contributed by atoms with Gasteiger partial charge in [-0.3, -0.25) is 4.68 Å². The Balaban J connectivity index is 2.78. The summed E-state index contributed by atoms with van der Waals surface area (Å²) in [6, 6.07) is 0.204. The molecular formula is C15H27ClN2O. The van der Waals surface area contributed by atoms with Crippen LogP contribution in [-0.2, 0) is 0 Å². The lowest BCUT2D eigenvalue weighted by molar-refractivity contribution is 0.123. The molecule has 1 N–H and O–H groups in total. The molecule has 1 aromatic heterocycles. The smallest absolute Gasteiger partial charge is 0.0974 e. The average molecular weight is 287 g/mol. The van der Waals surface area contributed by atoms with Crippen LogP contribution in [0.4, 0.5) is 0 Å². The SMILES string of the molecule is CC(CC(O)c1c(Cl)cnn1C(C)C)CC(C)(C)C. The Morgan fingerprint density at radius 1 is 1.32 bits per heavy atom. The summed E-state index contributed by atoms with van der Waals surface area (Å²) in [4.78, 5) is 0. The molecule has 0 saturated heterocycles. The van der Waals surface area contributed by atoms with Crippen molar-refractivity contribution in [2.75, 3.05) is 0 Å². The van der Waals surface area contributed by atoms with Gasteiger partial charge in [-0.25, -0.2) is 0 Å². The van der Waals surface area contributed by atoms with Gasteiger partial charge in [0.1, 0.15) is 0 Å². The maximum atomic E-state index is 10.4. The van der Waals surface area contributed by atoms with Crippen LogP contribution in [0.5, 0.6) is 0 Å². The molecule has 2 unspecified atom stereocenters. The summed E-state index contributed by atoms with van der Waals surface area (Å²) in [5.41, 5.74) is 1.03. The summed E-state index contributed by atoms with van der Waals surface area (Å²) in [6.07, 6.45) is 2.87. The molecule has 19 heavy (non-hydrogen) atoms. The molecule has 0 amide bonds. The van der Waals surface area contributed by atoms with Crippen LogP contribution in [0.3, 0.4) is 0 Å². The van der Waals surface area contributed by atoms with Gasteiger partial charge in [0.15, 0.2) is 0 Å². The van der Waals surface area contributed by atoms with Crippen LogP contribution in [-0.4, -0.2) is 14.9 Å². The normalized spacial score (nSPS) is 15.8. The van der Waals surface area contributed by atoms with Crippen LogP contribution in [0.15, 0.2) is 6.20 Å². The predicted molar refractivity (Wildman–Crippen MR) is 80.4 cm³/mol.